The van der Waals surface area contributed by atoms with Crippen LogP contribution in [0.1, 0.15) is 0 Å². The van der Waals surface area contributed by atoms with Crippen LogP contribution in [0.4, 0.5) is 33.6 Å². The second-order valence-corrected chi connectivity index (χ2v) is 15.4. The lowest BCUT2D eigenvalue weighted by atomic mass is 10.0. The zero-order chi connectivity index (χ0) is 36.3. The number of hydrogen-bond donors (Lipinski definition) is 0. The molecule has 7 aromatic carbocycles. The minimum atomic E-state index is 0.835. The minimum absolute atomic E-state index is 0.835. The summed E-state index contributed by atoms with van der Waals surface area (Å²) in [5, 5.41) is 6.29. The molecular formula is C47H29N5OS2. The van der Waals surface area contributed by atoms with Gasteiger partial charge in [-0.15, -0.1) is 11.3 Å². The van der Waals surface area contributed by atoms with Crippen molar-refractivity contribution in [1.29, 1.82) is 0 Å². The molecule has 0 N–H and O–H groups in total. The Morgan fingerprint density at radius 3 is 1.91 bits per heavy atom. The molecule has 0 fully saturated rings. The van der Waals surface area contributed by atoms with Gasteiger partial charge >= 0.3 is 0 Å². The predicted molar refractivity (Wildman–Crippen MR) is 230 cm³/mol. The van der Waals surface area contributed by atoms with Gasteiger partial charge in [0, 0.05) is 51.3 Å². The number of hydrogen-bond acceptors (Lipinski definition) is 8. The number of furan rings is 1. The molecular weight excluding hydrogens is 715 g/mol. The van der Waals surface area contributed by atoms with Crippen LogP contribution in [-0.2, 0) is 0 Å². The summed E-state index contributed by atoms with van der Waals surface area (Å²) >= 11 is 3.39. The molecule has 0 radical (unpaired) electrons. The summed E-state index contributed by atoms with van der Waals surface area (Å²) in [6, 6.07) is 57.2. The van der Waals surface area contributed by atoms with E-state index in [9.17, 15) is 0 Å². The molecule has 0 saturated carbocycles. The van der Waals surface area contributed by atoms with Gasteiger partial charge in [-0.05, 0) is 120 Å². The Hall–Kier alpha value is -6.87. The van der Waals surface area contributed by atoms with Gasteiger partial charge in [-0.1, -0.05) is 59.9 Å². The molecule has 0 spiro atoms. The van der Waals surface area contributed by atoms with Gasteiger partial charge in [-0.3, -0.25) is 9.88 Å². The number of nitrogens with zero attached hydrogens (tertiary/aromatic N) is 5. The van der Waals surface area contributed by atoms with Gasteiger partial charge in [-0.25, -0.2) is 9.97 Å². The van der Waals surface area contributed by atoms with Crippen molar-refractivity contribution in [1.82, 2.24) is 15.0 Å². The summed E-state index contributed by atoms with van der Waals surface area (Å²) in [6.07, 6.45) is 3.68. The van der Waals surface area contributed by atoms with Crippen molar-refractivity contribution in [2.24, 2.45) is 0 Å². The number of para-hydroxylation sites is 3. The maximum absolute atomic E-state index is 6.67. The fourth-order valence-electron chi connectivity index (χ4n) is 7.36. The van der Waals surface area contributed by atoms with Crippen molar-refractivity contribution in [3.8, 4) is 10.6 Å². The van der Waals surface area contributed by atoms with Gasteiger partial charge in [0.05, 0.1) is 32.3 Å². The third-order valence-electron chi connectivity index (χ3n) is 9.97. The van der Waals surface area contributed by atoms with Crippen molar-refractivity contribution in [3.63, 3.8) is 0 Å². The van der Waals surface area contributed by atoms with Gasteiger partial charge in [0.1, 0.15) is 16.2 Å². The maximum Gasteiger partial charge on any atom is 0.195 e. The Morgan fingerprint density at radius 1 is 0.455 bits per heavy atom. The molecule has 0 aliphatic heterocycles. The van der Waals surface area contributed by atoms with Crippen molar-refractivity contribution in [3.05, 3.63) is 176 Å². The number of pyridine rings is 1. The lowest BCUT2D eigenvalue weighted by Crippen LogP contribution is -2.09. The highest BCUT2D eigenvalue weighted by Crippen LogP contribution is 2.43. The summed E-state index contributed by atoms with van der Waals surface area (Å²) in [6.45, 7) is 0. The average Bonchev–Trinajstić information content (AvgIpc) is 3.96. The van der Waals surface area contributed by atoms with E-state index in [0.29, 0.717) is 0 Å². The Kier molecular flexibility index (Phi) is 7.43. The van der Waals surface area contributed by atoms with Crippen molar-refractivity contribution >= 4 is 109 Å². The molecule has 0 atom stereocenters. The summed E-state index contributed by atoms with van der Waals surface area (Å²) in [5.74, 6) is 0. The monoisotopic (exact) mass is 743 g/mol. The Labute approximate surface area is 323 Å². The van der Waals surface area contributed by atoms with Gasteiger partial charge in [0.25, 0.3) is 0 Å². The second-order valence-electron chi connectivity index (χ2n) is 13.4. The normalized spacial score (nSPS) is 11.6. The minimum Gasteiger partial charge on any atom is -0.456 e. The van der Waals surface area contributed by atoms with E-state index in [2.05, 4.69) is 154 Å². The third kappa shape index (κ3) is 5.58. The SMILES string of the molecule is c1ccc(N(c2ccc(-c3nc4ccccc4s3)cc2)c2ccc3c(c2)oc2cc4cc(N(c5cccnc5)c5nc6ccccc6s5)ccc4cc23)cc1. The van der Waals surface area contributed by atoms with E-state index in [1.807, 2.05) is 30.5 Å². The smallest absolute Gasteiger partial charge is 0.195 e. The highest BCUT2D eigenvalue weighted by Gasteiger charge is 2.20. The lowest BCUT2D eigenvalue weighted by Gasteiger charge is -2.25. The van der Waals surface area contributed by atoms with Crippen LogP contribution >= 0.6 is 22.7 Å². The Morgan fingerprint density at radius 2 is 1.13 bits per heavy atom. The van der Waals surface area contributed by atoms with E-state index < -0.39 is 0 Å². The molecule has 4 heterocycles. The van der Waals surface area contributed by atoms with Gasteiger partial charge in [0.15, 0.2) is 5.13 Å². The number of thiazole rings is 2. The zero-order valence-corrected chi connectivity index (χ0v) is 30.8. The van der Waals surface area contributed by atoms with Crippen LogP contribution < -0.4 is 9.80 Å². The van der Waals surface area contributed by atoms with Crippen molar-refractivity contribution in [2.75, 3.05) is 9.80 Å². The molecule has 0 saturated heterocycles. The molecule has 0 aliphatic carbocycles. The number of aromatic nitrogens is 3. The molecule has 55 heavy (non-hydrogen) atoms. The van der Waals surface area contributed by atoms with E-state index in [1.165, 1.54) is 4.70 Å². The van der Waals surface area contributed by atoms with Crippen molar-refractivity contribution < 1.29 is 4.42 Å². The molecule has 0 amide bonds. The molecule has 6 nitrogen and oxygen atoms in total. The Bertz CT molecular complexity index is 3110. The van der Waals surface area contributed by atoms with E-state index in [4.69, 9.17) is 14.4 Å². The summed E-state index contributed by atoms with van der Waals surface area (Å²) in [7, 11) is 0. The fraction of sp³-hybridized carbons (Fsp3) is 0. The van der Waals surface area contributed by atoms with E-state index in [-0.39, 0.29) is 0 Å². The summed E-state index contributed by atoms with van der Waals surface area (Å²) in [5.41, 5.74) is 9.88. The summed E-state index contributed by atoms with van der Waals surface area (Å²) in [4.78, 5) is 18.8. The Balaban J connectivity index is 0.986. The molecule has 11 rings (SSSR count). The zero-order valence-electron chi connectivity index (χ0n) is 29.2. The van der Waals surface area contributed by atoms with Gasteiger partial charge in [0.2, 0.25) is 0 Å². The predicted octanol–water partition coefficient (Wildman–Crippen LogP) is 14.0. The molecule has 0 unspecified atom stereocenters. The van der Waals surface area contributed by atoms with Crippen LogP contribution in [0.15, 0.2) is 181 Å². The van der Waals surface area contributed by atoms with Crippen LogP contribution in [0.5, 0.6) is 0 Å². The number of benzene rings is 7. The first-order chi connectivity index (χ1) is 27.2. The lowest BCUT2D eigenvalue weighted by molar-refractivity contribution is 0.669. The van der Waals surface area contributed by atoms with Crippen LogP contribution in [0.25, 0.3) is 63.7 Å². The first kappa shape index (κ1) is 31.6. The topological polar surface area (TPSA) is 58.3 Å². The van der Waals surface area contributed by atoms with Crippen LogP contribution in [0.3, 0.4) is 0 Å². The molecule has 11 aromatic rings. The quantitative estimate of drug-likeness (QED) is 0.162. The molecule has 8 heteroatoms. The average molecular weight is 744 g/mol. The van der Waals surface area contributed by atoms with E-state index >= 15 is 0 Å². The second kappa shape index (κ2) is 12.9. The standard InChI is InChI=1S/C47H29N5OS2/c1-2-9-33(10-3-1)51(34-19-16-30(17-20-34)46-49-40-12-4-6-14-44(40)54-46)36-22-23-38-39-26-31-18-21-35(25-32(31)27-42(39)53-43(38)28-36)52(37-11-8-24-48-29-37)47-50-41-13-5-7-15-45(41)55-47/h1-29H. The first-order valence-corrected chi connectivity index (χ1v) is 19.6. The van der Waals surface area contributed by atoms with Gasteiger partial charge in [-0.2, -0.15) is 0 Å². The van der Waals surface area contributed by atoms with E-state index in [1.54, 1.807) is 28.9 Å². The number of anilines is 6. The maximum atomic E-state index is 6.67. The number of fused-ring (bicyclic) bond motifs is 6. The highest BCUT2D eigenvalue weighted by molar-refractivity contribution is 7.22. The fourth-order valence-corrected chi connectivity index (χ4v) is 9.34. The number of rotatable bonds is 7. The molecule has 4 aromatic heterocycles. The largest absolute Gasteiger partial charge is 0.456 e. The molecule has 0 bridgehead atoms. The third-order valence-corrected chi connectivity index (χ3v) is 12.1. The van der Waals surface area contributed by atoms with Crippen LogP contribution in [-0.4, -0.2) is 15.0 Å². The van der Waals surface area contributed by atoms with Gasteiger partial charge < -0.3 is 9.32 Å². The highest BCUT2D eigenvalue weighted by atomic mass is 32.1. The molecule has 0 aliphatic rings. The van der Waals surface area contributed by atoms with Crippen LogP contribution in [0.2, 0.25) is 0 Å². The van der Waals surface area contributed by atoms with Crippen LogP contribution in [0, 0.1) is 0 Å². The molecule has 260 valence electrons. The summed E-state index contributed by atoms with van der Waals surface area (Å²) < 4.78 is 9.00. The van der Waals surface area contributed by atoms with E-state index in [0.717, 1.165) is 92.6 Å². The first-order valence-electron chi connectivity index (χ1n) is 18.0. The van der Waals surface area contributed by atoms with Crippen molar-refractivity contribution in [2.45, 2.75) is 0 Å².